The first kappa shape index (κ1) is 13.3. The summed E-state index contributed by atoms with van der Waals surface area (Å²) in [6.07, 6.45) is -0.390. The van der Waals surface area contributed by atoms with Crippen LogP contribution in [0.25, 0.3) is 0 Å². The van der Waals surface area contributed by atoms with Gasteiger partial charge in [0.25, 0.3) is 0 Å². The van der Waals surface area contributed by atoms with Gasteiger partial charge in [0.05, 0.1) is 6.10 Å². The van der Waals surface area contributed by atoms with Crippen molar-refractivity contribution in [2.45, 2.75) is 6.10 Å². The van der Waals surface area contributed by atoms with Gasteiger partial charge in [0.2, 0.25) is 0 Å². The van der Waals surface area contributed by atoms with Crippen LogP contribution >= 0.6 is 0 Å². The molecule has 1 aliphatic heterocycles. The van der Waals surface area contributed by atoms with Gasteiger partial charge in [0, 0.05) is 52.5 Å². The molecule has 1 heterocycles. The lowest BCUT2D eigenvalue weighted by molar-refractivity contribution is 0.105. The van der Waals surface area contributed by atoms with Crippen LogP contribution in [-0.2, 0) is 0 Å². The molecule has 0 saturated carbocycles. The van der Waals surface area contributed by atoms with E-state index in [0.717, 1.165) is 44.0 Å². The van der Waals surface area contributed by atoms with Crippen LogP contribution in [0.3, 0.4) is 0 Å². The van der Waals surface area contributed by atoms with E-state index in [-0.39, 0.29) is 6.10 Å². The number of aliphatic hydroxyl groups is 1. The summed E-state index contributed by atoms with van der Waals surface area (Å²) in [5, 5.41) is 13.5. The van der Waals surface area contributed by atoms with E-state index in [1.807, 2.05) is 26.2 Å². The van der Waals surface area contributed by atoms with Crippen molar-refractivity contribution in [3.8, 4) is 0 Å². The fourth-order valence-corrected chi connectivity index (χ4v) is 2.24. The molecule has 1 saturated heterocycles. The minimum Gasteiger partial charge on any atom is -0.387 e. The number of nitrogens with zero attached hydrogens (tertiary/aromatic N) is 2. The van der Waals surface area contributed by atoms with E-state index < -0.39 is 0 Å². The van der Waals surface area contributed by atoms with Crippen LogP contribution in [0.15, 0.2) is 24.3 Å². The van der Waals surface area contributed by atoms with Gasteiger partial charge in [-0.15, -0.1) is 0 Å². The standard InChI is InChI=1S/C14H23N3O/c1-16(2)13-5-3-12(4-6-13)14(18)11-17-9-7-15-8-10-17/h3-6,14-15,18H,7-11H2,1-2H3. The summed E-state index contributed by atoms with van der Waals surface area (Å²) in [4.78, 5) is 4.37. The zero-order valence-electron chi connectivity index (χ0n) is 11.3. The van der Waals surface area contributed by atoms with Crippen LogP contribution in [0.5, 0.6) is 0 Å². The molecule has 100 valence electrons. The maximum atomic E-state index is 10.2. The van der Waals surface area contributed by atoms with Crippen LogP contribution in [-0.4, -0.2) is 56.8 Å². The van der Waals surface area contributed by atoms with E-state index in [4.69, 9.17) is 0 Å². The highest BCUT2D eigenvalue weighted by Crippen LogP contribution is 2.18. The Labute approximate surface area is 109 Å². The SMILES string of the molecule is CN(C)c1ccc(C(O)CN2CCNCC2)cc1. The second kappa shape index (κ2) is 6.18. The van der Waals surface area contributed by atoms with Crippen molar-refractivity contribution in [3.63, 3.8) is 0 Å². The van der Waals surface area contributed by atoms with Gasteiger partial charge >= 0.3 is 0 Å². The van der Waals surface area contributed by atoms with Gasteiger partial charge in [0.15, 0.2) is 0 Å². The third-order valence-electron chi connectivity index (χ3n) is 3.44. The Morgan fingerprint density at radius 3 is 2.39 bits per heavy atom. The molecule has 0 bridgehead atoms. The first-order chi connectivity index (χ1) is 8.66. The molecule has 1 unspecified atom stereocenters. The van der Waals surface area contributed by atoms with E-state index in [1.165, 1.54) is 0 Å². The fraction of sp³-hybridized carbons (Fsp3) is 0.571. The Hall–Kier alpha value is -1.10. The molecule has 1 aromatic rings. The summed E-state index contributed by atoms with van der Waals surface area (Å²) in [5.74, 6) is 0. The van der Waals surface area contributed by atoms with E-state index in [2.05, 4.69) is 27.2 Å². The van der Waals surface area contributed by atoms with E-state index in [1.54, 1.807) is 0 Å². The molecule has 2 N–H and O–H groups in total. The van der Waals surface area contributed by atoms with Crippen LogP contribution in [0.2, 0.25) is 0 Å². The van der Waals surface area contributed by atoms with Gasteiger partial charge in [-0.2, -0.15) is 0 Å². The minimum absolute atomic E-state index is 0.390. The van der Waals surface area contributed by atoms with Crippen molar-refractivity contribution in [2.75, 3.05) is 51.7 Å². The van der Waals surface area contributed by atoms with Gasteiger partial charge in [0.1, 0.15) is 0 Å². The normalized spacial score (nSPS) is 18.6. The molecule has 4 heteroatoms. The van der Waals surface area contributed by atoms with Crippen LogP contribution in [0.4, 0.5) is 5.69 Å². The largest absolute Gasteiger partial charge is 0.387 e. The van der Waals surface area contributed by atoms with E-state index in [9.17, 15) is 5.11 Å². The molecule has 1 fully saturated rings. The predicted molar refractivity (Wildman–Crippen MR) is 75.0 cm³/mol. The lowest BCUT2D eigenvalue weighted by Gasteiger charge is -2.29. The highest BCUT2D eigenvalue weighted by molar-refractivity contribution is 5.46. The molecule has 0 radical (unpaired) electrons. The van der Waals surface area contributed by atoms with Gasteiger partial charge in [-0.05, 0) is 17.7 Å². The molecule has 2 rings (SSSR count). The molecular formula is C14H23N3O. The number of rotatable bonds is 4. The van der Waals surface area contributed by atoms with Crippen molar-refractivity contribution >= 4 is 5.69 Å². The summed E-state index contributed by atoms with van der Waals surface area (Å²) in [5.41, 5.74) is 2.16. The van der Waals surface area contributed by atoms with Crippen molar-refractivity contribution in [3.05, 3.63) is 29.8 Å². The van der Waals surface area contributed by atoms with E-state index in [0.29, 0.717) is 0 Å². The zero-order valence-corrected chi connectivity index (χ0v) is 11.3. The Morgan fingerprint density at radius 2 is 1.83 bits per heavy atom. The predicted octanol–water partition coefficient (Wildman–Crippen LogP) is 0.691. The Bertz CT molecular complexity index is 358. The third-order valence-corrected chi connectivity index (χ3v) is 3.44. The summed E-state index contributed by atoms with van der Waals surface area (Å²) in [6.45, 7) is 4.81. The molecule has 0 aromatic heterocycles. The Balaban J connectivity index is 1.93. The second-order valence-corrected chi connectivity index (χ2v) is 5.05. The van der Waals surface area contributed by atoms with E-state index >= 15 is 0 Å². The highest BCUT2D eigenvalue weighted by Gasteiger charge is 2.15. The van der Waals surface area contributed by atoms with Crippen LogP contribution in [0, 0.1) is 0 Å². The number of hydrogen-bond acceptors (Lipinski definition) is 4. The molecule has 1 atom stereocenters. The molecule has 18 heavy (non-hydrogen) atoms. The number of benzene rings is 1. The number of β-amino-alcohol motifs (C(OH)–C–C–N with tert-alkyl or cyclic N) is 1. The highest BCUT2D eigenvalue weighted by atomic mass is 16.3. The van der Waals surface area contributed by atoms with Gasteiger partial charge < -0.3 is 15.3 Å². The van der Waals surface area contributed by atoms with Gasteiger partial charge in [-0.3, -0.25) is 4.90 Å². The summed E-state index contributed by atoms with van der Waals surface area (Å²) < 4.78 is 0. The number of aliphatic hydroxyl groups excluding tert-OH is 1. The molecule has 1 aliphatic rings. The molecule has 1 aromatic carbocycles. The van der Waals surface area contributed by atoms with Gasteiger partial charge in [-0.25, -0.2) is 0 Å². The smallest absolute Gasteiger partial charge is 0.0916 e. The first-order valence-corrected chi connectivity index (χ1v) is 6.55. The lowest BCUT2D eigenvalue weighted by atomic mass is 10.1. The van der Waals surface area contributed by atoms with Crippen molar-refractivity contribution < 1.29 is 5.11 Å². The van der Waals surface area contributed by atoms with Crippen LogP contribution in [0.1, 0.15) is 11.7 Å². The Morgan fingerprint density at radius 1 is 1.22 bits per heavy atom. The number of hydrogen-bond donors (Lipinski definition) is 2. The fourth-order valence-electron chi connectivity index (χ4n) is 2.24. The van der Waals surface area contributed by atoms with Crippen molar-refractivity contribution in [2.24, 2.45) is 0 Å². The van der Waals surface area contributed by atoms with Crippen LogP contribution < -0.4 is 10.2 Å². The van der Waals surface area contributed by atoms with Gasteiger partial charge in [-0.1, -0.05) is 12.1 Å². The maximum Gasteiger partial charge on any atom is 0.0916 e. The average molecular weight is 249 g/mol. The minimum atomic E-state index is -0.390. The zero-order chi connectivity index (χ0) is 13.0. The number of piperazine rings is 1. The first-order valence-electron chi connectivity index (χ1n) is 6.55. The summed E-state index contributed by atoms with van der Waals surface area (Å²) in [6, 6.07) is 8.14. The monoisotopic (exact) mass is 249 g/mol. The third kappa shape index (κ3) is 3.45. The van der Waals surface area contributed by atoms with Crippen molar-refractivity contribution in [1.29, 1.82) is 0 Å². The Kier molecular flexibility index (Phi) is 4.58. The number of anilines is 1. The maximum absolute atomic E-state index is 10.2. The molecular weight excluding hydrogens is 226 g/mol. The summed E-state index contributed by atoms with van der Waals surface area (Å²) in [7, 11) is 4.04. The second-order valence-electron chi connectivity index (χ2n) is 5.05. The number of nitrogens with one attached hydrogen (secondary N) is 1. The molecule has 4 nitrogen and oxygen atoms in total. The average Bonchev–Trinajstić information content (AvgIpc) is 2.40. The molecule has 0 spiro atoms. The quantitative estimate of drug-likeness (QED) is 0.823. The lowest BCUT2D eigenvalue weighted by Crippen LogP contribution is -2.44. The summed E-state index contributed by atoms with van der Waals surface area (Å²) >= 11 is 0. The molecule has 0 aliphatic carbocycles. The van der Waals surface area contributed by atoms with Crippen molar-refractivity contribution in [1.82, 2.24) is 10.2 Å². The topological polar surface area (TPSA) is 38.7 Å². The molecule has 0 amide bonds.